The van der Waals surface area contributed by atoms with Gasteiger partial charge in [0.15, 0.2) is 5.75 Å². The van der Waals surface area contributed by atoms with Gasteiger partial charge in [-0.1, -0.05) is 41.9 Å². The molecule has 9 nitrogen and oxygen atoms in total. The van der Waals surface area contributed by atoms with Crippen LogP contribution in [0.15, 0.2) is 81.9 Å². The van der Waals surface area contributed by atoms with Gasteiger partial charge in [-0.2, -0.15) is 8.42 Å². The van der Waals surface area contributed by atoms with E-state index in [0.29, 0.717) is 27.8 Å². The predicted octanol–water partition coefficient (Wildman–Crippen LogP) is 6.43. The highest BCUT2D eigenvalue weighted by Crippen LogP contribution is 2.41. The summed E-state index contributed by atoms with van der Waals surface area (Å²) < 4.78 is 38.6. The Kier molecular flexibility index (Phi) is 6.93. The number of phenols is 1. The monoisotopic (exact) mass is 525 g/mol. The van der Waals surface area contributed by atoms with E-state index in [1.165, 1.54) is 25.3 Å². The number of methoxy groups -OCH3 is 1. The van der Waals surface area contributed by atoms with Gasteiger partial charge >= 0.3 is 0 Å². The zero-order valence-electron chi connectivity index (χ0n) is 19.1. The predicted molar refractivity (Wildman–Crippen MR) is 137 cm³/mol. The Balaban J connectivity index is 1.81. The summed E-state index contributed by atoms with van der Waals surface area (Å²) in [5.41, 5.74) is 0.517. The van der Waals surface area contributed by atoms with E-state index in [0.717, 1.165) is 0 Å². The second kappa shape index (κ2) is 9.94. The van der Waals surface area contributed by atoms with Gasteiger partial charge in [-0.25, -0.2) is 0 Å². The summed E-state index contributed by atoms with van der Waals surface area (Å²) in [5, 5.41) is 22.6. The standard InChI is InChI=1S/C25H20ClN3O6S/c1-14-7-12-20(24(21(14)26)36(32,33)34)28-29-22-18-6-4-3-5-15(18)13-19(23(22)30)25(31)27-16-8-10-17(35-2)11-9-16/h3-13,30H,1-2H3,(H,27,31)(H,32,33,34). The third kappa shape index (κ3) is 5.01. The molecule has 184 valence electrons. The third-order valence-electron chi connectivity index (χ3n) is 5.37. The van der Waals surface area contributed by atoms with Crippen LogP contribution in [0.5, 0.6) is 11.5 Å². The summed E-state index contributed by atoms with van der Waals surface area (Å²) in [5.74, 6) is -0.448. The van der Waals surface area contributed by atoms with Crippen molar-refractivity contribution in [3.8, 4) is 11.5 Å². The van der Waals surface area contributed by atoms with E-state index < -0.39 is 26.7 Å². The number of nitrogens with zero attached hydrogens (tertiary/aromatic N) is 2. The Labute approximate surface area is 211 Å². The molecule has 0 aliphatic rings. The smallest absolute Gasteiger partial charge is 0.298 e. The molecule has 0 bridgehead atoms. The van der Waals surface area contributed by atoms with Gasteiger partial charge in [0.05, 0.1) is 17.7 Å². The summed E-state index contributed by atoms with van der Waals surface area (Å²) in [7, 11) is -3.20. The molecule has 0 aliphatic carbocycles. The summed E-state index contributed by atoms with van der Waals surface area (Å²) in [6, 6.07) is 17.9. The van der Waals surface area contributed by atoms with Crippen LogP contribution in [0.3, 0.4) is 0 Å². The van der Waals surface area contributed by atoms with Crippen LogP contribution in [0, 0.1) is 6.92 Å². The number of ether oxygens (including phenoxy) is 1. The highest BCUT2D eigenvalue weighted by Gasteiger charge is 2.23. The van der Waals surface area contributed by atoms with E-state index in [1.54, 1.807) is 55.5 Å². The van der Waals surface area contributed by atoms with Crippen molar-refractivity contribution in [3.05, 3.63) is 82.9 Å². The SMILES string of the molecule is COc1ccc(NC(=O)c2cc3ccccc3c(N=Nc3ccc(C)c(Cl)c3S(=O)(=O)O)c2O)cc1. The number of halogens is 1. The van der Waals surface area contributed by atoms with Gasteiger partial charge in [-0.15, -0.1) is 10.2 Å². The maximum Gasteiger partial charge on any atom is 0.298 e. The summed E-state index contributed by atoms with van der Waals surface area (Å²) in [6.07, 6.45) is 0. The van der Waals surface area contributed by atoms with Gasteiger partial charge in [0.25, 0.3) is 16.0 Å². The normalized spacial score (nSPS) is 11.7. The van der Waals surface area contributed by atoms with Gasteiger partial charge in [-0.05, 0) is 54.3 Å². The van der Waals surface area contributed by atoms with Crippen LogP contribution in [0.25, 0.3) is 10.8 Å². The average molecular weight is 526 g/mol. The number of amides is 1. The van der Waals surface area contributed by atoms with Crippen LogP contribution >= 0.6 is 11.6 Å². The van der Waals surface area contributed by atoms with Crippen molar-refractivity contribution in [2.24, 2.45) is 10.2 Å². The molecule has 1 amide bonds. The molecule has 0 unspecified atom stereocenters. The molecule has 0 atom stereocenters. The fraction of sp³-hybridized carbons (Fsp3) is 0.0800. The molecule has 0 radical (unpaired) electrons. The minimum absolute atomic E-state index is 0.0639. The summed E-state index contributed by atoms with van der Waals surface area (Å²) in [4.78, 5) is 12.4. The maximum atomic E-state index is 13.0. The molecule has 4 aromatic carbocycles. The fourth-order valence-electron chi connectivity index (χ4n) is 3.54. The number of benzene rings is 4. The Hall–Kier alpha value is -3.99. The fourth-order valence-corrected chi connectivity index (χ4v) is 4.75. The first-order chi connectivity index (χ1) is 17.1. The van der Waals surface area contributed by atoms with Crippen LogP contribution in [0.1, 0.15) is 15.9 Å². The molecule has 0 saturated heterocycles. The number of rotatable bonds is 6. The maximum absolute atomic E-state index is 13.0. The third-order valence-corrected chi connectivity index (χ3v) is 6.90. The molecule has 36 heavy (non-hydrogen) atoms. The van der Waals surface area contributed by atoms with Crippen molar-refractivity contribution < 1.29 is 27.6 Å². The highest BCUT2D eigenvalue weighted by molar-refractivity contribution is 7.86. The molecular weight excluding hydrogens is 506 g/mol. The number of nitrogens with one attached hydrogen (secondary N) is 1. The number of azo groups is 1. The number of anilines is 1. The number of hydrogen-bond donors (Lipinski definition) is 3. The van der Waals surface area contributed by atoms with Crippen molar-refractivity contribution in [1.82, 2.24) is 0 Å². The lowest BCUT2D eigenvalue weighted by molar-refractivity contribution is 0.102. The number of carbonyl (C=O) groups excluding carboxylic acids is 1. The van der Waals surface area contributed by atoms with Gasteiger partial charge < -0.3 is 15.2 Å². The van der Waals surface area contributed by atoms with Crippen molar-refractivity contribution in [3.63, 3.8) is 0 Å². The van der Waals surface area contributed by atoms with Crippen LogP contribution < -0.4 is 10.1 Å². The molecule has 0 aromatic heterocycles. The Morgan fingerprint density at radius 1 is 1.03 bits per heavy atom. The summed E-state index contributed by atoms with van der Waals surface area (Å²) in [6.45, 7) is 1.57. The molecule has 0 heterocycles. The summed E-state index contributed by atoms with van der Waals surface area (Å²) >= 11 is 6.10. The number of fused-ring (bicyclic) bond motifs is 1. The minimum atomic E-state index is -4.73. The zero-order chi connectivity index (χ0) is 26.0. The van der Waals surface area contributed by atoms with E-state index in [1.807, 2.05) is 0 Å². The van der Waals surface area contributed by atoms with Crippen LogP contribution in [-0.2, 0) is 10.1 Å². The molecule has 4 rings (SSSR count). The van der Waals surface area contributed by atoms with E-state index in [9.17, 15) is 22.9 Å². The minimum Gasteiger partial charge on any atom is -0.505 e. The first-order valence-corrected chi connectivity index (χ1v) is 12.3. The van der Waals surface area contributed by atoms with Gasteiger partial charge in [0.1, 0.15) is 22.0 Å². The van der Waals surface area contributed by atoms with Crippen LogP contribution in [0.2, 0.25) is 5.02 Å². The largest absolute Gasteiger partial charge is 0.505 e. The molecule has 0 spiro atoms. The zero-order valence-corrected chi connectivity index (χ0v) is 20.6. The average Bonchev–Trinajstić information content (AvgIpc) is 2.84. The van der Waals surface area contributed by atoms with E-state index in [2.05, 4.69) is 15.5 Å². The van der Waals surface area contributed by atoms with Crippen LogP contribution in [-0.4, -0.2) is 31.1 Å². The van der Waals surface area contributed by atoms with Gasteiger partial charge in [0.2, 0.25) is 0 Å². The highest BCUT2D eigenvalue weighted by atomic mass is 35.5. The number of carbonyl (C=O) groups is 1. The Bertz CT molecular complexity index is 1620. The van der Waals surface area contributed by atoms with Gasteiger partial charge in [-0.3, -0.25) is 9.35 Å². The van der Waals surface area contributed by atoms with E-state index in [4.69, 9.17) is 16.3 Å². The van der Waals surface area contributed by atoms with Crippen molar-refractivity contribution >= 4 is 55.5 Å². The molecule has 4 aromatic rings. The molecule has 0 fully saturated rings. The molecular formula is C25H20ClN3O6S. The number of phenolic OH excluding ortho intramolecular Hbond substituents is 1. The quantitative estimate of drug-likeness (QED) is 0.196. The number of aromatic hydroxyl groups is 1. The lowest BCUT2D eigenvalue weighted by Gasteiger charge is -2.12. The Morgan fingerprint density at radius 2 is 1.72 bits per heavy atom. The molecule has 0 saturated carbocycles. The van der Waals surface area contributed by atoms with E-state index >= 15 is 0 Å². The van der Waals surface area contributed by atoms with Crippen molar-refractivity contribution in [2.45, 2.75) is 11.8 Å². The lowest BCUT2D eigenvalue weighted by atomic mass is 10.0. The number of hydrogen-bond acceptors (Lipinski definition) is 7. The van der Waals surface area contributed by atoms with Crippen molar-refractivity contribution in [2.75, 3.05) is 12.4 Å². The van der Waals surface area contributed by atoms with Crippen LogP contribution in [0.4, 0.5) is 17.1 Å². The molecule has 11 heteroatoms. The number of aryl methyl sites for hydroxylation is 1. The van der Waals surface area contributed by atoms with Crippen molar-refractivity contribution in [1.29, 1.82) is 0 Å². The molecule has 3 N–H and O–H groups in total. The first-order valence-electron chi connectivity index (χ1n) is 10.5. The lowest BCUT2D eigenvalue weighted by Crippen LogP contribution is -2.12. The second-order valence-corrected chi connectivity index (χ2v) is 9.48. The second-order valence-electron chi connectivity index (χ2n) is 7.74. The van der Waals surface area contributed by atoms with Gasteiger partial charge in [0, 0.05) is 11.1 Å². The molecule has 0 aliphatic heterocycles. The first kappa shape index (κ1) is 25.1. The Morgan fingerprint density at radius 3 is 2.39 bits per heavy atom. The van der Waals surface area contributed by atoms with E-state index in [-0.39, 0.29) is 22.0 Å². The topological polar surface area (TPSA) is 138 Å².